The van der Waals surface area contributed by atoms with Crippen LogP contribution in [0.2, 0.25) is 0 Å². The van der Waals surface area contributed by atoms with Gasteiger partial charge in [0.25, 0.3) is 0 Å². The molecule has 1 aliphatic carbocycles. The normalized spacial score (nSPS) is 20.6. The molecule has 1 N–H and O–H groups in total. The third-order valence-electron chi connectivity index (χ3n) is 4.93. The Bertz CT molecular complexity index is 732. The highest BCUT2D eigenvalue weighted by Gasteiger charge is 2.26. The monoisotopic (exact) mass is 385 g/mol. The molecule has 2 aliphatic rings. The number of benzene rings is 1. The van der Waals surface area contributed by atoms with Gasteiger partial charge in [0.15, 0.2) is 0 Å². The van der Waals surface area contributed by atoms with E-state index in [-0.39, 0.29) is 17.9 Å². The summed E-state index contributed by atoms with van der Waals surface area (Å²) in [5, 5.41) is 3.22. The largest absolute Gasteiger partial charge is 0.465 e. The molecule has 3 rings (SSSR count). The van der Waals surface area contributed by atoms with Crippen LogP contribution < -0.4 is 10.2 Å². The van der Waals surface area contributed by atoms with Crippen LogP contribution in [0.4, 0.5) is 11.4 Å². The summed E-state index contributed by atoms with van der Waals surface area (Å²) in [6.45, 7) is 10.3. The maximum Gasteiger partial charge on any atom is 0.325 e. The van der Waals surface area contributed by atoms with Crippen molar-refractivity contribution in [1.82, 2.24) is 5.32 Å². The van der Waals surface area contributed by atoms with Crippen LogP contribution in [-0.2, 0) is 14.3 Å². The number of rotatable bonds is 6. The van der Waals surface area contributed by atoms with Crippen LogP contribution in [-0.4, -0.2) is 51.1 Å². The molecular formula is C22H31N3O3. The van der Waals surface area contributed by atoms with Crippen LogP contribution in [0, 0.1) is 5.41 Å². The molecule has 1 fully saturated rings. The van der Waals surface area contributed by atoms with E-state index in [2.05, 4.69) is 54.4 Å². The molecule has 1 aromatic carbocycles. The van der Waals surface area contributed by atoms with Crippen molar-refractivity contribution in [2.24, 2.45) is 10.4 Å². The Balaban J connectivity index is 1.69. The minimum Gasteiger partial charge on any atom is -0.465 e. The van der Waals surface area contributed by atoms with Crippen molar-refractivity contribution in [2.45, 2.75) is 33.6 Å². The molecule has 0 radical (unpaired) electrons. The van der Waals surface area contributed by atoms with Crippen LogP contribution in [0.1, 0.15) is 33.6 Å². The van der Waals surface area contributed by atoms with E-state index in [9.17, 15) is 4.79 Å². The first-order valence-electron chi connectivity index (χ1n) is 10.1. The second-order valence-corrected chi connectivity index (χ2v) is 8.06. The van der Waals surface area contributed by atoms with Gasteiger partial charge in [-0.1, -0.05) is 13.8 Å². The van der Waals surface area contributed by atoms with E-state index in [1.54, 1.807) is 0 Å². The summed E-state index contributed by atoms with van der Waals surface area (Å²) in [4.78, 5) is 18.8. The van der Waals surface area contributed by atoms with Gasteiger partial charge in [-0.2, -0.15) is 0 Å². The van der Waals surface area contributed by atoms with Crippen molar-refractivity contribution >= 4 is 23.1 Å². The summed E-state index contributed by atoms with van der Waals surface area (Å²) in [6, 6.07) is 8.39. The maximum atomic E-state index is 11.6. The van der Waals surface area contributed by atoms with E-state index >= 15 is 0 Å². The Labute approximate surface area is 167 Å². The lowest BCUT2D eigenvalue weighted by atomic mass is 9.78. The van der Waals surface area contributed by atoms with Gasteiger partial charge in [0, 0.05) is 30.2 Å². The van der Waals surface area contributed by atoms with E-state index in [1.807, 2.05) is 6.92 Å². The van der Waals surface area contributed by atoms with Crippen molar-refractivity contribution in [3.8, 4) is 0 Å². The van der Waals surface area contributed by atoms with Crippen LogP contribution >= 0.6 is 0 Å². The van der Waals surface area contributed by atoms with Crippen LogP contribution in [0.5, 0.6) is 0 Å². The first-order chi connectivity index (χ1) is 13.4. The van der Waals surface area contributed by atoms with Crippen molar-refractivity contribution in [3.63, 3.8) is 0 Å². The molecule has 0 saturated carbocycles. The maximum absolute atomic E-state index is 11.6. The number of esters is 1. The van der Waals surface area contributed by atoms with Crippen LogP contribution in [0.25, 0.3) is 0 Å². The summed E-state index contributed by atoms with van der Waals surface area (Å²) in [6.07, 6.45) is 3.87. The summed E-state index contributed by atoms with van der Waals surface area (Å²) >= 11 is 0. The Kier molecular flexibility index (Phi) is 6.73. The van der Waals surface area contributed by atoms with Crippen LogP contribution in [0.15, 0.2) is 41.0 Å². The van der Waals surface area contributed by atoms with Crippen molar-refractivity contribution in [3.05, 3.63) is 36.0 Å². The molecule has 0 spiro atoms. The van der Waals surface area contributed by atoms with Crippen molar-refractivity contribution in [1.29, 1.82) is 0 Å². The van der Waals surface area contributed by atoms with Gasteiger partial charge in [0.05, 0.1) is 25.5 Å². The third kappa shape index (κ3) is 5.83. The zero-order chi connectivity index (χ0) is 20.0. The molecule has 6 heteroatoms. The number of hydrogen-bond donors (Lipinski definition) is 1. The van der Waals surface area contributed by atoms with Gasteiger partial charge in [-0.05, 0) is 55.5 Å². The Morgan fingerprint density at radius 1 is 1.21 bits per heavy atom. The number of hydrogen-bond acceptors (Lipinski definition) is 6. The van der Waals surface area contributed by atoms with E-state index in [0.29, 0.717) is 6.61 Å². The van der Waals surface area contributed by atoms with Crippen molar-refractivity contribution < 1.29 is 14.3 Å². The number of allylic oxidation sites excluding steroid dienone is 2. The summed E-state index contributed by atoms with van der Waals surface area (Å²) < 4.78 is 10.4. The SMILES string of the molecule is CCOC(=O)CNC1=C/C(=N/c2ccc(N3CCOCC3)cc2)CC(C)(C)C1. The zero-order valence-corrected chi connectivity index (χ0v) is 17.2. The highest BCUT2D eigenvalue weighted by molar-refractivity contribution is 5.98. The molecule has 1 saturated heterocycles. The fourth-order valence-electron chi connectivity index (χ4n) is 3.68. The minimum atomic E-state index is -0.232. The fourth-order valence-corrected chi connectivity index (χ4v) is 3.68. The average molecular weight is 386 g/mol. The van der Waals surface area contributed by atoms with Gasteiger partial charge in [-0.15, -0.1) is 0 Å². The quantitative estimate of drug-likeness (QED) is 0.760. The standard InChI is InChI=1S/C22H31N3O3/c1-4-28-21(26)16-23-18-13-19(15-22(2,3)14-18)24-17-5-7-20(8-6-17)25-9-11-27-12-10-25/h5-8,13,23H,4,9-12,14-16H2,1-3H3/b24-19-. The molecule has 0 bridgehead atoms. The fraction of sp³-hybridized carbons (Fsp3) is 0.545. The van der Waals surface area contributed by atoms with E-state index in [0.717, 1.165) is 56.2 Å². The molecular weight excluding hydrogens is 354 g/mol. The molecule has 0 amide bonds. The predicted octanol–water partition coefficient (Wildman–Crippen LogP) is 3.45. The lowest BCUT2D eigenvalue weighted by molar-refractivity contribution is -0.141. The van der Waals surface area contributed by atoms with Gasteiger partial charge >= 0.3 is 5.97 Å². The van der Waals surface area contributed by atoms with E-state index < -0.39 is 0 Å². The molecule has 0 unspecified atom stereocenters. The highest BCUT2D eigenvalue weighted by atomic mass is 16.5. The lowest BCUT2D eigenvalue weighted by Gasteiger charge is -2.31. The third-order valence-corrected chi connectivity index (χ3v) is 4.93. The number of nitrogens with zero attached hydrogens (tertiary/aromatic N) is 2. The summed E-state index contributed by atoms with van der Waals surface area (Å²) in [5.74, 6) is -0.232. The van der Waals surface area contributed by atoms with Crippen molar-refractivity contribution in [2.75, 3.05) is 44.4 Å². The summed E-state index contributed by atoms with van der Waals surface area (Å²) in [5.41, 5.74) is 4.32. The molecule has 0 aromatic heterocycles. The summed E-state index contributed by atoms with van der Waals surface area (Å²) in [7, 11) is 0. The molecule has 6 nitrogen and oxygen atoms in total. The first-order valence-corrected chi connectivity index (χ1v) is 10.1. The highest BCUT2D eigenvalue weighted by Crippen LogP contribution is 2.34. The smallest absolute Gasteiger partial charge is 0.325 e. The van der Waals surface area contributed by atoms with Crippen LogP contribution in [0.3, 0.4) is 0 Å². The molecule has 1 aliphatic heterocycles. The first kappa shape index (κ1) is 20.4. The average Bonchev–Trinajstić information content (AvgIpc) is 2.67. The number of aliphatic imine (C=N–C) groups is 1. The predicted molar refractivity (Wildman–Crippen MR) is 112 cm³/mol. The second kappa shape index (κ2) is 9.24. The molecule has 1 aromatic rings. The second-order valence-electron chi connectivity index (χ2n) is 8.06. The number of carbonyl (C=O) groups is 1. The van der Waals surface area contributed by atoms with Gasteiger partial charge in [0.1, 0.15) is 6.54 Å². The molecule has 1 heterocycles. The Hall–Kier alpha value is -2.34. The number of carbonyl (C=O) groups excluding carboxylic acids is 1. The van der Waals surface area contributed by atoms with Gasteiger partial charge < -0.3 is 19.7 Å². The number of ether oxygens (including phenoxy) is 2. The van der Waals surface area contributed by atoms with Gasteiger partial charge in [0.2, 0.25) is 0 Å². The number of morpholine rings is 1. The zero-order valence-electron chi connectivity index (χ0n) is 17.2. The Morgan fingerprint density at radius 3 is 2.61 bits per heavy atom. The molecule has 28 heavy (non-hydrogen) atoms. The van der Waals surface area contributed by atoms with Gasteiger partial charge in [-0.25, -0.2) is 0 Å². The van der Waals surface area contributed by atoms with Gasteiger partial charge in [-0.3, -0.25) is 9.79 Å². The van der Waals surface area contributed by atoms with E-state index in [4.69, 9.17) is 14.5 Å². The Morgan fingerprint density at radius 2 is 1.93 bits per heavy atom. The molecule has 0 atom stereocenters. The molecule has 152 valence electrons. The number of anilines is 1. The lowest BCUT2D eigenvalue weighted by Crippen LogP contribution is -2.36. The number of nitrogens with one attached hydrogen (secondary N) is 1. The van der Waals surface area contributed by atoms with E-state index in [1.165, 1.54) is 5.69 Å². The minimum absolute atomic E-state index is 0.0956. The topological polar surface area (TPSA) is 63.2 Å².